The number of carbonyl (C=O) groups is 1. The number of aromatic carboxylic acids is 1. The molecule has 0 fully saturated rings. The molecule has 20 heavy (non-hydrogen) atoms. The molecule has 0 aliphatic heterocycles. The summed E-state index contributed by atoms with van der Waals surface area (Å²) in [6.07, 6.45) is 4.44. The molecule has 102 valence electrons. The fourth-order valence-electron chi connectivity index (χ4n) is 2.53. The molecule has 2 aromatic rings. The number of rotatable bonds is 3. The van der Waals surface area contributed by atoms with Crippen LogP contribution in [0.5, 0.6) is 5.75 Å². The van der Waals surface area contributed by atoms with E-state index in [1.165, 1.54) is 18.5 Å². The number of nitrogen functional groups attached to an aromatic ring is 1. The summed E-state index contributed by atoms with van der Waals surface area (Å²) in [7, 11) is 0. The molecule has 0 bridgehead atoms. The molecular weight excluding hydrogens is 256 g/mol. The van der Waals surface area contributed by atoms with E-state index in [1.807, 2.05) is 18.2 Å². The summed E-state index contributed by atoms with van der Waals surface area (Å²) in [5.74, 6) is -0.552. The maximum atomic E-state index is 10.9. The standard InChI is InChI=1S/C15H14N2O3/c16-13-3-1-2-12-11(13)4-5-14(12)20-10-6-9(15(18)19)7-17-8-10/h1-3,6-8,14H,4-5,16H2,(H,18,19). The van der Waals surface area contributed by atoms with Crippen molar-refractivity contribution in [3.8, 4) is 5.75 Å². The van der Waals surface area contributed by atoms with Crippen LogP contribution >= 0.6 is 0 Å². The zero-order valence-electron chi connectivity index (χ0n) is 10.7. The number of aromatic nitrogens is 1. The summed E-state index contributed by atoms with van der Waals surface area (Å²) in [5.41, 5.74) is 9.05. The Bertz CT molecular complexity index is 670. The minimum Gasteiger partial charge on any atom is -0.484 e. The number of hydrogen-bond donors (Lipinski definition) is 2. The van der Waals surface area contributed by atoms with Crippen LogP contribution in [0.2, 0.25) is 0 Å². The Kier molecular flexibility index (Phi) is 3.02. The predicted octanol–water partition coefficient (Wildman–Crippen LogP) is 2.43. The lowest BCUT2D eigenvalue weighted by atomic mass is 10.1. The fourth-order valence-corrected chi connectivity index (χ4v) is 2.53. The quantitative estimate of drug-likeness (QED) is 0.836. The van der Waals surface area contributed by atoms with E-state index in [0.717, 1.165) is 29.7 Å². The third-order valence-corrected chi connectivity index (χ3v) is 3.49. The largest absolute Gasteiger partial charge is 0.484 e. The lowest BCUT2D eigenvalue weighted by Gasteiger charge is -2.15. The number of fused-ring (bicyclic) bond motifs is 1. The number of anilines is 1. The normalized spacial score (nSPS) is 16.7. The number of nitrogens with zero attached hydrogens (tertiary/aromatic N) is 1. The second kappa shape index (κ2) is 4.85. The molecule has 0 saturated heterocycles. The highest BCUT2D eigenvalue weighted by Crippen LogP contribution is 2.37. The van der Waals surface area contributed by atoms with E-state index in [0.29, 0.717) is 5.75 Å². The average Bonchev–Trinajstić information content (AvgIpc) is 2.84. The van der Waals surface area contributed by atoms with Crippen molar-refractivity contribution in [2.24, 2.45) is 0 Å². The number of benzene rings is 1. The lowest BCUT2D eigenvalue weighted by molar-refractivity contribution is 0.0695. The molecule has 0 saturated carbocycles. The second-order valence-electron chi connectivity index (χ2n) is 4.77. The van der Waals surface area contributed by atoms with Crippen molar-refractivity contribution in [1.29, 1.82) is 0 Å². The van der Waals surface area contributed by atoms with Gasteiger partial charge in [-0.15, -0.1) is 0 Å². The van der Waals surface area contributed by atoms with Crippen LogP contribution in [-0.2, 0) is 6.42 Å². The Labute approximate surface area is 116 Å². The summed E-state index contributed by atoms with van der Waals surface area (Å²) in [4.78, 5) is 14.8. The number of carboxylic acids is 1. The molecule has 5 nitrogen and oxygen atoms in total. The minimum absolute atomic E-state index is 0.0978. The average molecular weight is 270 g/mol. The number of ether oxygens (including phenoxy) is 1. The number of carboxylic acid groups (broad SMARTS) is 1. The van der Waals surface area contributed by atoms with Gasteiger partial charge < -0.3 is 15.6 Å². The topological polar surface area (TPSA) is 85.4 Å². The van der Waals surface area contributed by atoms with E-state index >= 15 is 0 Å². The zero-order chi connectivity index (χ0) is 14.1. The third kappa shape index (κ3) is 2.18. The molecule has 1 unspecified atom stereocenters. The van der Waals surface area contributed by atoms with Gasteiger partial charge in [-0.3, -0.25) is 4.98 Å². The van der Waals surface area contributed by atoms with Crippen molar-refractivity contribution in [2.45, 2.75) is 18.9 Å². The molecule has 1 aliphatic carbocycles. The minimum atomic E-state index is -1.01. The predicted molar refractivity (Wildman–Crippen MR) is 73.7 cm³/mol. The van der Waals surface area contributed by atoms with Gasteiger partial charge >= 0.3 is 5.97 Å². The van der Waals surface area contributed by atoms with Gasteiger partial charge in [-0.1, -0.05) is 12.1 Å². The Morgan fingerprint density at radius 1 is 1.40 bits per heavy atom. The van der Waals surface area contributed by atoms with Gasteiger partial charge in [0.05, 0.1) is 11.8 Å². The third-order valence-electron chi connectivity index (χ3n) is 3.49. The van der Waals surface area contributed by atoms with Gasteiger partial charge in [0.25, 0.3) is 0 Å². The first-order valence-corrected chi connectivity index (χ1v) is 6.37. The smallest absolute Gasteiger partial charge is 0.337 e. The Hall–Kier alpha value is -2.56. The molecule has 0 spiro atoms. The molecule has 1 aromatic carbocycles. The summed E-state index contributed by atoms with van der Waals surface area (Å²) in [6, 6.07) is 7.27. The van der Waals surface area contributed by atoms with Gasteiger partial charge in [0.15, 0.2) is 0 Å². The highest BCUT2D eigenvalue weighted by Gasteiger charge is 2.25. The first-order valence-electron chi connectivity index (χ1n) is 6.37. The summed E-state index contributed by atoms with van der Waals surface area (Å²) >= 11 is 0. The molecule has 5 heteroatoms. The van der Waals surface area contributed by atoms with E-state index in [-0.39, 0.29) is 11.7 Å². The van der Waals surface area contributed by atoms with E-state index in [9.17, 15) is 4.79 Å². The van der Waals surface area contributed by atoms with Crippen LogP contribution in [0.15, 0.2) is 36.7 Å². The van der Waals surface area contributed by atoms with Gasteiger partial charge in [0.2, 0.25) is 0 Å². The van der Waals surface area contributed by atoms with Crippen LogP contribution in [0.1, 0.15) is 34.0 Å². The number of hydrogen-bond acceptors (Lipinski definition) is 4. The molecule has 1 heterocycles. The highest BCUT2D eigenvalue weighted by atomic mass is 16.5. The van der Waals surface area contributed by atoms with Crippen molar-refractivity contribution in [3.63, 3.8) is 0 Å². The van der Waals surface area contributed by atoms with E-state index in [4.69, 9.17) is 15.6 Å². The molecule has 0 amide bonds. The summed E-state index contributed by atoms with van der Waals surface area (Å²) < 4.78 is 5.87. The Morgan fingerprint density at radius 3 is 3.05 bits per heavy atom. The molecule has 3 N–H and O–H groups in total. The van der Waals surface area contributed by atoms with Gasteiger partial charge in [0, 0.05) is 11.9 Å². The Morgan fingerprint density at radius 2 is 2.25 bits per heavy atom. The zero-order valence-corrected chi connectivity index (χ0v) is 10.7. The van der Waals surface area contributed by atoms with Crippen LogP contribution in [-0.4, -0.2) is 16.1 Å². The summed E-state index contributed by atoms with van der Waals surface area (Å²) in [5, 5.41) is 8.95. The Balaban J connectivity index is 1.86. The van der Waals surface area contributed by atoms with Crippen LogP contribution < -0.4 is 10.5 Å². The SMILES string of the molecule is Nc1cccc2c1CCC2Oc1cncc(C(=O)O)c1. The van der Waals surface area contributed by atoms with E-state index in [1.54, 1.807) is 0 Å². The van der Waals surface area contributed by atoms with Gasteiger partial charge in [0.1, 0.15) is 11.9 Å². The second-order valence-corrected chi connectivity index (χ2v) is 4.77. The molecule has 1 atom stereocenters. The van der Waals surface area contributed by atoms with Gasteiger partial charge in [-0.2, -0.15) is 0 Å². The van der Waals surface area contributed by atoms with E-state index in [2.05, 4.69) is 4.98 Å². The van der Waals surface area contributed by atoms with Crippen LogP contribution in [0.4, 0.5) is 5.69 Å². The fraction of sp³-hybridized carbons (Fsp3) is 0.200. The first kappa shape index (κ1) is 12.5. The molecular formula is C15H14N2O3. The first-order chi connectivity index (χ1) is 9.65. The monoisotopic (exact) mass is 270 g/mol. The molecule has 1 aromatic heterocycles. The van der Waals surface area contributed by atoms with Crippen molar-refractivity contribution in [1.82, 2.24) is 4.98 Å². The van der Waals surface area contributed by atoms with Crippen LogP contribution in [0.3, 0.4) is 0 Å². The van der Waals surface area contributed by atoms with Crippen LogP contribution in [0.25, 0.3) is 0 Å². The van der Waals surface area contributed by atoms with E-state index < -0.39 is 5.97 Å². The molecule has 3 rings (SSSR count). The van der Waals surface area contributed by atoms with Crippen molar-refractivity contribution in [2.75, 3.05) is 5.73 Å². The molecule has 1 aliphatic rings. The van der Waals surface area contributed by atoms with Crippen molar-refractivity contribution >= 4 is 11.7 Å². The van der Waals surface area contributed by atoms with Crippen LogP contribution in [0, 0.1) is 0 Å². The molecule has 0 radical (unpaired) electrons. The maximum absolute atomic E-state index is 10.9. The van der Waals surface area contributed by atoms with Crippen molar-refractivity contribution in [3.05, 3.63) is 53.3 Å². The highest BCUT2D eigenvalue weighted by molar-refractivity contribution is 5.87. The number of pyridine rings is 1. The summed E-state index contributed by atoms with van der Waals surface area (Å²) in [6.45, 7) is 0. The van der Waals surface area contributed by atoms with Gasteiger partial charge in [-0.25, -0.2) is 4.79 Å². The maximum Gasteiger partial charge on any atom is 0.337 e. The van der Waals surface area contributed by atoms with Crippen molar-refractivity contribution < 1.29 is 14.6 Å². The lowest BCUT2D eigenvalue weighted by Crippen LogP contribution is -2.05. The van der Waals surface area contributed by atoms with Gasteiger partial charge in [-0.05, 0) is 36.1 Å². The number of nitrogens with two attached hydrogens (primary N) is 1.